The number of amides is 1. The van der Waals surface area contributed by atoms with Crippen molar-refractivity contribution in [3.63, 3.8) is 0 Å². The smallest absolute Gasteiger partial charge is 0.407 e. The number of alkyl carbamates (subject to hydrolysis) is 1. The Morgan fingerprint density at radius 1 is 1.21 bits per heavy atom. The minimum Gasteiger partial charge on any atom is -0.465 e. The molecule has 1 amide bonds. The molecule has 0 aliphatic heterocycles. The lowest BCUT2D eigenvalue weighted by molar-refractivity contribution is 0.0490. The van der Waals surface area contributed by atoms with Gasteiger partial charge in [-0.2, -0.15) is 0 Å². The molecule has 0 unspecified atom stereocenters. The average Bonchev–Trinajstić information content (AvgIpc) is 2.63. The van der Waals surface area contributed by atoms with Gasteiger partial charge in [-0.25, -0.2) is 9.59 Å². The molecule has 162 valence electrons. The van der Waals surface area contributed by atoms with Gasteiger partial charge in [0.25, 0.3) is 0 Å². The molecule has 0 atom stereocenters. The van der Waals surface area contributed by atoms with Crippen LogP contribution in [-0.2, 0) is 9.47 Å². The maximum atomic E-state index is 12.1. The summed E-state index contributed by atoms with van der Waals surface area (Å²) in [6.45, 7) is 10.4. The van der Waals surface area contributed by atoms with Crippen LogP contribution in [0.15, 0.2) is 12.1 Å². The molecule has 0 saturated heterocycles. The molecule has 0 radical (unpaired) electrons. The van der Waals surface area contributed by atoms with Crippen LogP contribution in [-0.4, -0.2) is 43.4 Å². The van der Waals surface area contributed by atoms with Crippen LogP contribution in [0.1, 0.15) is 69.3 Å². The predicted molar refractivity (Wildman–Crippen MR) is 116 cm³/mol. The highest BCUT2D eigenvalue weighted by molar-refractivity contribution is 6.31. The third kappa shape index (κ3) is 6.26. The first-order chi connectivity index (χ1) is 13.6. The Bertz CT molecular complexity index is 737. The monoisotopic (exact) mass is 424 g/mol. The number of ether oxygens (including phenoxy) is 2. The molecule has 1 fully saturated rings. The van der Waals surface area contributed by atoms with Crippen molar-refractivity contribution in [3.8, 4) is 0 Å². The molecule has 6 nitrogen and oxygen atoms in total. The van der Waals surface area contributed by atoms with E-state index in [1.807, 2.05) is 33.8 Å². The molecule has 29 heavy (non-hydrogen) atoms. The summed E-state index contributed by atoms with van der Waals surface area (Å²) in [7, 11) is 1.37. The summed E-state index contributed by atoms with van der Waals surface area (Å²) in [5.74, 6) is -0.382. The van der Waals surface area contributed by atoms with E-state index in [9.17, 15) is 9.59 Å². The van der Waals surface area contributed by atoms with Crippen LogP contribution in [0, 0.1) is 6.92 Å². The predicted octanol–water partition coefficient (Wildman–Crippen LogP) is 5.10. The van der Waals surface area contributed by atoms with Gasteiger partial charge in [0, 0.05) is 29.3 Å². The number of hydrogen-bond donors (Lipinski definition) is 1. The highest BCUT2D eigenvalue weighted by Gasteiger charge is 2.29. The molecular weight excluding hydrogens is 392 g/mol. The standard InChI is InChI=1S/C22H33ClN2O4/c1-7-25(19-13-15(23)12-18(14(19)2)20(26)28-6)17-10-8-16(9-11-17)24-21(27)29-22(3,4)5/h12-13,16-17H,7-11H2,1-6H3,(H,24,27)/t16-,17-. The minimum absolute atomic E-state index is 0.117. The normalized spacial score (nSPS) is 19.4. The topological polar surface area (TPSA) is 67.9 Å². The molecule has 1 aliphatic carbocycles. The van der Waals surface area contributed by atoms with Crippen molar-refractivity contribution in [1.82, 2.24) is 5.32 Å². The summed E-state index contributed by atoms with van der Waals surface area (Å²) < 4.78 is 10.3. The second kappa shape index (κ2) is 9.70. The largest absolute Gasteiger partial charge is 0.465 e. The zero-order valence-electron chi connectivity index (χ0n) is 18.3. The first-order valence-electron chi connectivity index (χ1n) is 10.2. The maximum absolute atomic E-state index is 12.1. The van der Waals surface area contributed by atoms with Crippen LogP contribution < -0.4 is 10.2 Å². The zero-order valence-corrected chi connectivity index (χ0v) is 19.1. The van der Waals surface area contributed by atoms with Crippen LogP contribution in [0.3, 0.4) is 0 Å². The van der Waals surface area contributed by atoms with Crippen molar-refractivity contribution in [1.29, 1.82) is 0 Å². The zero-order chi connectivity index (χ0) is 21.8. The summed E-state index contributed by atoms with van der Waals surface area (Å²) in [5.41, 5.74) is 1.83. The number of methoxy groups -OCH3 is 1. The summed E-state index contributed by atoms with van der Waals surface area (Å²) in [6.07, 6.45) is 3.27. The van der Waals surface area contributed by atoms with Gasteiger partial charge in [-0.3, -0.25) is 0 Å². The summed E-state index contributed by atoms with van der Waals surface area (Å²) in [4.78, 5) is 26.5. The lowest BCUT2D eigenvalue weighted by Crippen LogP contribution is -2.45. The van der Waals surface area contributed by atoms with Crippen LogP contribution in [0.4, 0.5) is 10.5 Å². The molecule has 0 aromatic heterocycles. The van der Waals surface area contributed by atoms with Crippen molar-refractivity contribution < 1.29 is 19.1 Å². The molecule has 1 saturated carbocycles. The van der Waals surface area contributed by atoms with E-state index >= 15 is 0 Å². The number of carbonyl (C=O) groups excluding carboxylic acids is 2. The molecule has 0 heterocycles. The Hall–Kier alpha value is -1.95. The average molecular weight is 425 g/mol. The molecule has 0 bridgehead atoms. The number of benzene rings is 1. The van der Waals surface area contributed by atoms with E-state index in [0.717, 1.165) is 43.5 Å². The van der Waals surface area contributed by atoms with E-state index in [1.54, 1.807) is 6.07 Å². The lowest BCUT2D eigenvalue weighted by atomic mass is 9.89. The molecule has 1 aromatic carbocycles. The number of carbonyl (C=O) groups is 2. The van der Waals surface area contributed by atoms with Crippen molar-refractivity contribution in [2.75, 3.05) is 18.6 Å². The number of anilines is 1. The third-order valence-corrected chi connectivity index (χ3v) is 5.48. The first kappa shape index (κ1) is 23.3. The summed E-state index contributed by atoms with van der Waals surface area (Å²) in [5, 5.41) is 3.50. The van der Waals surface area contributed by atoms with Gasteiger partial charge in [-0.15, -0.1) is 0 Å². The van der Waals surface area contributed by atoms with E-state index in [-0.39, 0.29) is 18.1 Å². The van der Waals surface area contributed by atoms with Gasteiger partial charge in [-0.05, 0) is 78.0 Å². The fourth-order valence-electron chi connectivity index (χ4n) is 3.92. The molecule has 7 heteroatoms. The summed E-state index contributed by atoms with van der Waals surface area (Å²) >= 11 is 6.30. The third-order valence-electron chi connectivity index (χ3n) is 5.26. The quantitative estimate of drug-likeness (QED) is 0.666. The van der Waals surface area contributed by atoms with Gasteiger partial charge in [0.15, 0.2) is 0 Å². The molecule has 0 spiro atoms. The van der Waals surface area contributed by atoms with Gasteiger partial charge >= 0.3 is 12.1 Å². The highest BCUT2D eigenvalue weighted by Crippen LogP contribution is 2.33. The Morgan fingerprint density at radius 3 is 2.34 bits per heavy atom. The van der Waals surface area contributed by atoms with Crippen LogP contribution in [0.2, 0.25) is 5.02 Å². The molecular formula is C22H33ClN2O4. The van der Waals surface area contributed by atoms with E-state index in [1.165, 1.54) is 7.11 Å². The van der Waals surface area contributed by atoms with Gasteiger partial charge in [-0.1, -0.05) is 11.6 Å². The second-order valence-electron chi connectivity index (χ2n) is 8.53. The Balaban J connectivity index is 2.09. The first-order valence-corrected chi connectivity index (χ1v) is 10.6. The fourth-order valence-corrected chi connectivity index (χ4v) is 4.13. The highest BCUT2D eigenvalue weighted by atomic mass is 35.5. The van der Waals surface area contributed by atoms with Crippen LogP contribution in [0.5, 0.6) is 0 Å². The van der Waals surface area contributed by atoms with E-state index < -0.39 is 5.60 Å². The van der Waals surface area contributed by atoms with Crippen LogP contribution >= 0.6 is 11.6 Å². The van der Waals surface area contributed by atoms with Gasteiger partial charge in [0.1, 0.15) is 5.60 Å². The number of hydrogen-bond acceptors (Lipinski definition) is 5. The molecule has 2 rings (SSSR count). The molecule has 1 aromatic rings. The lowest BCUT2D eigenvalue weighted by Gasteiger charge is -2.39. The number of nitrogens with zero attached hydrogens (tertiary/aromatic N) is 1. The summed E-state index contributed by atoms with van der Waals surface area (Å²) in [6, 6.07) is 4.00. The Kier molecular flexibility index (Phi) is 7.80. The second-order valence-corrected chi connectivity index (χ2v) is 8.96. The minimum atomic E-state index is -0.498. The fraction of sp³-hybridized carbons (Fsp3) is 0.636. The van der Waals surface area contributed by atoms with Gasteiger partial charge in [0.05, 0.1) is 12.7 Å². The van der Waals surface area contributed by atoms with E-state index in [0.29, 0.717) is 16.6 Å². The Morgan fingerprint density at radius 2 is 1.83 bits per heavy atom. The van der Waals surface area contributed by atoms with E-state index in [2.05, 4.69) is 17.1 Å². The molecule has 1 N–H and O–H groups in total. The Labute approximate surface area is 178 Å². The molecule has 1 aliphatic rings. The number of nitrogens with one attached hydrogen (secondary N) is 1. The SMILES string of the molecule is CCN(c1cc(Cl)cc(C(=O)OC)c1C)[C@H]1CC[C@H](NC(=O)OC(C)(C)C)CC1. The number of esters is 1. The number of halogens is 1. The van der Waals surface area contributed by atoms with Gasteiger partial charge in [0.2, 0.25) is 0 Å². The number of rotatable bonds is 5. The van der Waals surface area contributed by atoms with Gasteiger partial charge < -0.3 is 19.7 Å². The van der Waals surface area contributed by atoms with Crippen molar-refractivity contribution in [2.45, 2.75) is 78.0 Å². The van der Waals surface area contributed by atoms with Crippen molar-refractivity contribution in [2.24, 2.45) is 0 Å². The van der Waals surface area contributed by atoms with E-state index in [4.69, 9.17) is 21.1 Å². The maximum Gasteiger partial charge on any atom is 0.407 e. The van der Waals surface area contributed by atoms with Crippen molar-refractivity contribution in [3.05, 3.63) is 28.3 Å². The van der Waals surface area contributed by atoms with Crippen molar-refractivity contribution >= 4 is 29.4 Å². The van der Waals surface area contributed by atoms with Crippen LogP contribution in [0.25, 0.3) is 0 Å².